The Bertz CT molecular complexity index is 814. The number of amides is 1. The van der Waals surface area contributed by atoms with Crippen molar-refractivity contribution in [3.05, 3.63) is 40.0 Å². The number of fused-ring (bicyclic) bond motifs is 2. The van der Waals surface area contributed by atoms with Crippen molar-refractivity contribution in [2.45, 2.75) is 44.9 Å². The van der Waals surface area contributed by atoms with E-state index >= 15 is 0 Å². The lowest BCUT2D eigenvalue weighted by molar-refractivity contribution is 0.0948. The Morgan fingerprint density at radius 3 is 2.77 bits per heavy atom. The normalized spacial score (nSPS) is 17.9. The fourth-order valence-electron chi connectivity index (χ4n) is 4.18. The van der Waals surface area contributed by atoms with Crippen LogP contribution in [0.1, 0.15) is 53.7 Å². The average Bonchev–Trinajstić information content (AvgIpc) is 2.68. The second-order valence-electron chi connectivity index (χ2n) is 7.42. The van der Waals surface area contributed by atoms with Gasteiger partial charge in [-0.2, -0.15) is 0 Å². The van der Waals surface area contributed by atoms with Crippen LogP contribution in [0, 0.1) is 0 Å². The molecule has 0 unspecified atom stereocenters. The van der Waals surface area contributed by atoms with Crippen LogP contribution in [0.15, 0.2) is 18.2 Å². The zero-order valence-corrected chi connectivity index (χ0v) is 15.9. The summed E-state index contributed by atoms with van der Waals surface area (Å²) in [6.45, 7) is 3.88. The average molecular weight is 372 g/mol. The molecule has 2 aliphatic rings. The van der Waals surface area contributed by atoms with Crippen molar-refractivity contribution in [2.75, 3.05) is 26.2 Å². The number of hydrogen-bond donors (Lipinski definition) is 1. The number of halogens is 1. The number of hydrogen-bond acceptors (Lipinski definition) is 3. The van der Waals surface area contributed by atoms with Crippen LogP contribution in [0.25, 0.3) is 10.9 Å². The third-order valence-electron chi connectivity index (χ3n) is 5.63. The van der Waals surface area contributed by atoms with E-state index in [1.54, 1.807) is 0 Å². The SMILES string of the molecule is O=C(NCCN1CCCCC1)c1cccc2c(Cl)c3c(nc12)CCCC3. The van der Waals surface area contributed by atoms with Crippen LogP contribution in [0.4, 0.5) is 0 Å². The van der Waals surface area contributed by atoms with Gasteiger partial charge in [-0.25, -0.2) is 0 Å². The summed E-state index contributed by atoms with van der Waals surface area (Å²) < 4.78 is 0. The molecule has 0 radical (unpaired) electrons. The van der Waals surface area contributed by atoms with E-state index in [0.717, 1.165) is 66.9 Å². The van der Waals surface area contributed by atoms with Crippen LogP contribution in [-0.2, 0) is 12.8 Å². The number of para-hydroxylation sites is 1. The molecule has 0 spiro atoms. The zero-order chi connectivity index (χ0) is 17.9. The van der Waals surface area contributed by atoms with Crippen molar-refractivity contribution in [1.82, 2.24) is 15.2 Å². The molecule has 5 heteroatoms. The van der Waals surface area contributed by atoms with Crippen LogP contribution in [0.2, 0.25) is 5.02 Å². The highest BCUT2D eigenvalue weighted by Gasteiger charge is 2.20. The van der Waals surface area contributed by atoms with Gasteiger partial charge in [-0.05, 0) is 63.2 Å². The lowest BCUT2D eigenvalue weighted by Crippen LogP contribution is -2.37. The molecule has 1 aliphatic heterocycles. The maximum Gasteiger partial charge on any atom is 0.253 e. The molecule has 1 fully saturated rings. The number of piperidine rings is 1. The third kappa shape index (κ3) is 3.58. The van der Waals surface area contributed by atoms with Crippen molar-refractivity contribution in [1.29, 1.82) is 0 Å². The van der Waals surface area contributed by atoms with E-state index in [0.29, 0.717) is 12.1 Å². The van der Waals surface area contributed by atoms with E-state index in [-0.39, 0.29) is 5.91 Å². The van der Waals surface area contributed by atoms with Gasteiger partial charge in [0.1, 0.15) is 0 Å². The minimum atomic E-state index is -0.0491. The molecular formula is C21H26ClN3O. The summed E-state index contributed by atoms with van der Waals surface area (Å²) in [6, 6.07) is 5.74. The molecule has 4 nitrogen and oxygen atoms in total. The first-order valence-electron chi connectivity index (χ1n) is 9.84. The highest BCUT2D eigenvalue weighted by Crippen LogP contribution is 2.33. The van der Waals surface area contributed by atoms with Gasteiger partial charge in [-0.15, -0.1) is 0 Å². The van der Waals surface area contributed by atoms with E-state index in [1.807, 2.05) is 18.2 Å². The second-order valence-corrected chi connectivity index (χ2v) is 7.80. The van der Waals surface area contributed by atoms with Crippen LogP contribution in [0.5, 0.6) is 0 Å². The molecule has 4 rings (SSSR count). The monoisotopic (exact) mass is 371 g/mol. The Hall–Kier alpha value is -1.65. The molecule has 1 aliphatic carbocycles. The zero-order valence-electron chi connectivity index (χ0n) is 15.2. The van der Waals surface area contributed by atoms with Crippen LogP contribution in [0.3, 0.4) is 0 Å². The highest BCUT2D eigenvalue weighted by molar-refractivity contribution is 6.36. The summed E-state index contributed by atoms with van der Waals surface area (Å²) in [7, 11) is 0. The molecule has 0 bridgehead atoms. The summed E-state index contributed by atoms with van der Waals surface area (Å²) in [5.41, 5.74) is 3.63. The molecule has 2 aromatic rings. The maximum absolute atomic E-state index is 12.8. The number of aromatic nitrogens is 1. The summed E-state index contributed by atoms with van der Waals surface area (Å²) in [5.74, 6) is -0.0491. The first-order chi connectivity index (χ1) is 12.7. The van der Waals surface area contributed by atoms with E-state index in [4.69, 9.17) is 16.6 Å². The minimum absolute atomic E-state index is 0.0491. The topological polar surface area (TPSA) is 45.2 Å². The second kappa shape index (κ2) is 7.93. The first-order valence-corrected chi connectivity index (χ1v) is 10.2. The van der Waals surface area contributed by atoms with E-state index in [1.165, 1.54) is 24.8 Å². The number of likely N-dealkylation sites (tertiary alicyclic amines) is 1. The maximum atomic E-state index is 12.8. The van der Waals surface area contributed by atoms with Gasteiger partial charge in [0, 0.05) is 24.2 Å². The van der Waals surface area contributed by atoms with E-state index in [9.17, 15) is 4.79 Å². The predicted molar refractivity (Wildman–Crippen MR) is 106 cm³/mol. The highest BCUT2D eigenvalue weighted by atomic mass is 35.5. The van der Waals surface area contributed by atoms with Gasteiger partial charge in [0.25, 0.3) is 5.91 Å². The number of nitrogens with zero attached hydrogens (tertiary/aromatic N) is 2. The van der Waals surface area contributed by atoms with Gasteiger partial charge in [-0.3, -0.25) is 9.78 Å². The van der Waals surface area contributed by atoms with Crippen LogP contribution in [-0.4, -0.2) is 42.0 Å². The number of pyridine rings is 1. The van der Waals surface area contributed by atoms with Gasteiger partial charge in [0.2, 0.25) is 0 Å². The summed E-state index contributed by atoms with van der Waals surface area (Å²) in [6.07, 6.45) is 8.12. The number of nitrogens with one attached hydrogen (secondary N) is 1. The Kier molecular flexibility index (Phi) is 5.41. The first kappa shape index (κ1) is 17.7. The van der Waals surface area contributed by atoms with Crippen LogP contribution >= 0.6 is 11.6 Å². The number of carbonyl (C=O) groups excluding carboxylic acids is 1. The van der Waals surface area contributed by atoms with E-state index in [2.05, 4.69) is 10.2 Å². The molecule has 0 saturated carbocycles. The molecule has 0 atom stereocenters. The number of aryl methyl sites for hydroxylation is 1. The molecular weight excluding hydrogens is 346 g/mol. The summed E-state index contributed by atoms with van der Waals surface area (Å²) in [4.78, 5) is 20.0. The predicted octanol–water partition coefficient (Wildman–Crippen LogP) is 3.98. The third-order valence-corrected chi connectivity index (χ3v) is 6.06. The lowest BCUT2D eigenvalue weighted by Gasteiger charge is -2.26. The Labute approximate surface area is 159 Å². The molecule has 26 heavy (non-hydrogen) atoms. The molecule has 1 aromatic heterocycles. The molecule has 138 valence electrons. The van der Waals surface area contributed by atoms with Gasteiger partial charge in [0.15, 0.2) is 0 Å². The quantitative estimate of drug-likeness (QED) is 0.884. The van der Waals surface area contributed by atoms with Crippen molar-refractivity contribution >= 4 is 28.4 Å². The lowest BCUT2D eigenvalue weighted by atomic mass is 9.94. The van der Waals surface area contributed by atoms with Gasteiger partial charge >= 0.3 is 0 Å². The Morgan fingerprint density at radius 1 is 1.12 bits per heavy atom. The van der Waals surface area contributed by atoms with Gasteiger partial charge in [-0.1, -0.05) is 30.2 Å². The Morgan fingerprint density at radius 2 is 1.92 bits per heavy atom. The molecule has 1 N–H and O–H groups in total. The molecule has 1 saturated heterocycles. The molecule has 2 heterocycles. The van der Waals surface area contributed by atoms with Crippen molar-refractivity contribution in [2.24, 2.45) is 0 Å². The smallest absolute Gasteiger partial charge is 0.253 e. The summed E-state index contributed by atoms with van der Waals surface area (Å²) >= 11 is 6.66. The standard InChI is InChI=1S/C21H26ClN3O/c22-19-15-7-2-3-10-18(15)24-20-16(19)8-6-9-17(20)21(26)23-11-14-25-12-4-1-5-13-25/h6,8-9H,1-5,7,10-14H2,(H,23,26). The van der Waals surface area contributed by atoms with Crippen molar-refractivity contribution in [3.63, 3.8) is 0 Å². The van der Waals surface area contributed by atoms with Crippen molar-refractivity contribution < 1.29 is 4.79 Å². The molecule has 1 aromatic carbocycles. The minimum Gasteiger partial charge on any atom is -0.351 e. The molecule has 1 amide bonds. The number of benzene rings is 1. The van der Waals surface area contributed by atoms with Crippen molar-refractivity contribution in [3.8, 4) is 0 Å². The van der Waals surface area contributed by atoms with Crippen LogP contribution < -0.4 is 5.32 Å². The Balaban J connectivity index is 1.53. The fraction of sp³-hybridized carbons (Fsp3) is 0.524. The van der Waals surface area contributed by atoms with Gasteiger partial charge < -0.3 is 10.2 Å². The number of rotatable bonds is 4. The number of carbonyl (C=O) groups is 1. The summed E-state index contributed by atoms with van der Waals surface area (Å²) in [5, 5.41) is 4.76. The van der Waals surface area contributed by atoms with Gasteiger partial charge in [0.05, 0.1) is 16.1 Å². The van der Waals surface area contributed by atoms with E-state index < -0.39 is 0 Å². The largest absolute Gasteiger partial charge is 0.351 e. The fourth-order valence-corrected chi connectivity index (χ4v) is 4.53.